The Morgan fingerprint density at radius 2 is 1.94 bits per heavy atom. The number of benzene rings is 1. The van der Waals surface area contributed by atoms with Gasteiger partial charge in [-0.3, -0.25) is 0 Å². The number of nitrogens with one attached hydrogen (secondary N) is 1. The van der Waals surface area contributed by atoms with Gasteiger partial charge in [-0.05, 0) is 40.2 Å². The van der Waals surface area contributed by atoms with Crippen LogP contribution in [0.15, 0.2) is 46.9 Å². The zero-order chi connectivity index (χ0) is 12.3. The number of hydrogen-bond acceptors (Lipinski definition) is 3. The molecule has 0 aliphatic heterocycles. The summed E-state index contributed by atoms with van der Waals surface area (Å²) in [5.74, 6) is 0.710. The lowest BCUT2D eigenvalue weighted by Gasteiger charge is -2.08. The molecule has 5 heteroatoms. The standard InChI is InChI=1S/C12H10BrN3S/c13-8-4-1-2-5-9(8)15-11-7-3-6-10(16-11)12(14)17/h1-7H,(H2,14,17)(H,15,16). The molecule has 0 saturated carbocycles. The van der Waals surface area contributed by atoms with E-state index in [1.54, 1.807) is 6.07 Å². The van der Waals surface area contributed by atoms with Gasteiger partial charge in [0, 0.05) is 4.47 Å². The van der Waals surface area contributed by atoms with Crippen LogP contribution in [0.1, 0.15) is 5.69 Å². The van der Waals surface area contributed by atoms with Crippen LogP contribution in [0.25, 0.3) is 0 Å². The van der Waals surface area contributed by atoms with Crippen LogP contribution in [0.4, 0.5) is 11.5 Å². The van der Waals surface area contributed by atoms with Crippen molar-refractivity contribution in [3.63, 3.8) is 0 Å². The van der Waals surface area contributed by atoms with Gasteiger partial charge in [-0.25, -0.2) is 4.98 Å². The molecular formula is C12H10BrN3S. The van der Waals surface area contributed by atoms with Crippen LogP contribution in [0, 0.1) is 0 Å². The number of nitrogens with zero attached hydrogens (tertiary/aromatic N) is 1. The van der Waals surface area contributed by atoms with Gasteiger partial charge in [-0.1, -0.05) is 30.4 Å². The smallest absolute Gasteiger partial charge is 0.131 e. The minimum atomic E-state index is 0.292. The Morgan fingerprint density at radius 3 is 2.65 bits per heavy atom. The molecule has 0 fully saturated rings. The number of hydrogen-bond donors (Lipinski definition) is 2. The maximum Gasteiger partial charge on any atom is 0.131 e. The average Bonchev–Trinajstić information content (AvgIpc) is 2.32. The molecule has 0 bridgehead atoms. The van der Waals surface area contributed by atoms with Crippen LogP contribution in [0.5, 0.6) is 0 Å². The van der Waals surface area contributed by atoms with E-state index in [0.717, 1.165) is 10.2 Å². The Morgan fingerprint density at radius 1 is 1.18 bits per heavy atom. The van der Waals surface area contributed by atoms with Crippen molar-refractivity contribution in [2.24, 2.45) is 5.73 Å². The monoisotopic (exact) mass is 307 g/mol. The number of aromatic nitrogens is 1. The summed E-state index contributed by atoms with van der Waals surface area (Å²) in [6.07, 6.45) is 0. The molecule has 1 heterocycles. The maximum atomic E-state index is 5.54. The number of anilines is 2. The fourth-order valence-corrected chi connectivity index (χ4v) is 1.84. The minimum Gasteiger partial charge on any atom is -0.388 e. The van der Waals surface area contributed by atoms with E-state index in [4.69, 9.17) is 18.0 Å². The molecule has 0 spiro atoms. The molecule has 0 aliphatic rings. The zero-order valence-electron chi connectivity index (χ0n) is 8.85. The first-order chi connectivity index (χ1) is 8.16. The van der Waals surface area contributed by atoms with E-state index in [0.29, 0.717) is 16.5 Å². The number of halogens is 1. The fraction of sp³-hybridized carbons (Fsp3) is 0. The predicted molar refractivity (Wildman–Crippen MR) is 77.5 cm³/mol. The SMILES string of the molecule is NC(=S)c1cccc(Nc2ccccc2Br)n1. The fourth-order valence-electron chi connectivity index (χ4n) is 1.34. The first-order valence-electron chi connectivity index (χ1n) is 4.95. The number of nitrogens with two attached hydrogens (primary N) is 1. The second-order valence-corrected chi connectivity index (χ2v) is 4.67. The summed E-state index contributed by atoms with van der Waals surface area (Å²) in [4.78, 5) is 4.60. The lowest BCUT2D eigenvalue weighted by molar-refractivity contribution is 1.28. The Balaban J connectivity index is 2.28. The highest BCUT2D eigenvalue weighted by atomic mass is 79.9. The quantitative estimate of drug-likeness (QED) is 0.855. The number of thiocarbonyl (C=S) groups is 1. The second-order valence-electron chi connectivity index (χ2n) is 3.38. The van der Waals surface area contributed by atoms with Crippen LogP contribution in [-0.2, 0) is 0 Å². The first kappa shape index (κ1) is 12.0. The summed E-state index contributed by atoms with van der Waals surface area (Å²) < 4.78 is 0.975. The summed E-state index contributed by atoms with van der Waals surface area (Å²) in [6, 6.07) is 13.3. The number of para-hydroxylation sites is 1. The third-order valence-corrected chi connectivity index (χ3v) is 3.04. The molecule has 3 N–H and O–H groups in total. The average molecular weight is 308 g/mol. The molecule has 0 radical (unpaired) electrons. The van der Waals surface area contributed by atoms with Gasteiger partial charge in [-0.15, -0.1) is 0 Å². The summed E-state index contributed by atoms with van der Waals surface area (Å²) in [6.45, 7) is 0. The van der Waals surface area contributed by atoms with Crippen LogP contribution < -0.4 is 11.1 Å². The van der Waals surface area contributed by atoms with E-state index < -0.39 is 0 Å². The molecule has 1 aromatic heterocycles. The molecule has 0 aliphatic carbocycles. The lowest BCUT2D eigenvalue weighted by atomic mass is 10.3. The lowest BCUT2D eigenvalue weighted by Crippen LogP contribution is -2.12. The van der Waals surface area contributed by atoms with Crippen molar-refractivity contribution < 1.29 is 0 Å². The topological polar surface area (TPSA) is 50.9 Å². The largest absolute Gasteiger partial charge is 0.388 e. The Kier molecular flexibility index (Phi) is 3.71. The number of pyridine rings is 1. The minimum absolute atomic E-state index is 0.292. The normalized spacial score (nSPS) is 9.94. The molecule has 2 rings (SSSR count). The molecule has 0 saturated heterocycles. The van der Waals surface area contributed by atoms with Crippen molar-refractivity contribution in [1.82, 2.24) is 4.98 Å². The molecule has 3 nitrogen and oxygen atoms in total. The van der Waals surface area contributed by atoms with Gasteiger partial charge < -0.3 is 11.1 Å². The van der Waals surface area contributed by atoms with Gasteiger partial charge in [-0.2, -0.15) is 0 Å². The maximum absolute atomic E-state index is 5.54. The van der Waals surface area contributed by atoms with E-state index in [9.17, 15) is 0 Å². The van der Waals surface area contributed by atoms with Gasteiger partial charge in [0.25, 0.3) is 0 Å². The van der Waals surface area contributed by atoms with Crippen molar-refractivity contribution in [2.45, 2.75) is 0 Å². The van der Waals surface area contributed by atoms with E-state index in [2.05, 4.69) is 26.2 Å². The highest BCUT2D eigenvalue weighted by Gasteiger charge is 2.02. The third-order valence-electron chi connectivity index (χ3n) is 2.14. The summed E-state index contributed by atoms with van der Waals surface area (Å²) in [5, 5.41) is 3.19. The van der Waals surface area contributed by atoms with Gasteiger partial charge in [0.2, 0.25) is 0 Å². The van der Waals surface area contributed by atoms with Gasteiger partial charge in [0.05, 0.1) is 11.4 Å². The molecule has 0 unspecified atom stereocenters. The van der Waals surface area contributed by atoms with Crippen molar-refractivity contribution >= 4 is 44.6 Å². The van der Waals surface area contributed by atoms with E-state index in [1.807, 2.05) is 36.4 Å². The second kappa shape index (κ2) is 5.25. The van der Waals surface area contributed by atoms with Crippen LogP contribution >= 0.6 is 28.1 Å². The summed E-state index contributed by atoms with van der Waals surface area (Å²) >= 11 is 8.35. The van der Waals surface area contributed by atoms with E-state index >= 15 is 0 Å². The molecule has 2 aromatic rings. The molecular weight excluding hydrogens is 298 g/mol. The van der Waals surface area contributed by atoms with Gasteiger partial charge in [0.15, 0.2) is 0 Å². The highest BCUT2D eigenvalue weighted by Crippen LogP contribution is 2.24. The molecule has 17 heavy (non-hydrogen) atoms. The van der Waals surface area contributed by atoms with Gasteiger partial charge >= 0.3 is 0 Å². The summed E-state index contributed by atoms with van der Waals surface area (Å²) in [7, 11) is 0. The van der Waals surface area contributed by atoms with Gasteiger partial charge in [0.1, 0.15) is 10.8 Å². The Labute approximate surface area is 113 Å². The Bertz CT molecular complexity index is 557. The predicted octanol–water partition coefficient (Wildman–Crippen LogP) is 3.22. The van der Waals surface area contributed by atoms with Crippen molar-refractivity contribution in [3.05, 3.63) is 52.6 Å². The summed E-state index contributed by atoms with van der Waals surface area (Å²) in [5.41, 5.74) is 7.09. The van der Waals surface area contributed by atoms with Crippen molar-refractivity contribution in [1.29, 1.82) is 0 Å². The molecule has 86 valence electrons. The molecule has 0 amide bonds. The molecule has 1 aromatic carbocycles. The number of rotatable bonds is 3. The zero-order valence-corrected chi connectivity index (χ0v) is 11.3. The molecule has 0 atom stereocenters. The van der Waals surface area contributed by atoms with Crippen molar-refractivity contribution in [2.75, 3.05) is 5.32 Å². The third kappa shape index (κ3) is 3.01. The van der Waals surface area contributed by atoms with E-state index in [-0.39, 0.29) is 0 Å². The highest BCUT2D eigenvalue weighted by molar-refractivity contribution is 9.10. The first-order valence-corrected chi connectivity index (χ1v) is 6.15. The van der Waals surface area contributed by atoms with E-state index in [1.165, 1.54) is 0 Å². The van der Waals surface area contributed by atoms with Crippen molar-refractivity contribution in [3.8, 4) is 0 Å². The van der Waals surface area contributed by atoms with Crippen LogP contribution in [0.2, 0.25) is 0 Å². The Hall–Kier alpha value is -1.46. The van der Waals surface area contributed by atoms with Crippen LogP contribution in [0.3, 0.4) is 0 Å². The van der Waals surface area contributed by atoms with Crippen LogP contribution in [-0.4, -0.2) is 9.97 Å².